The Bertz CT molecular complexity index is 1560. The average molecular weight is 704 g/mol. The summed E-state index contributed by atoms with van der Waals surface area (Å²) in [6.07, 6.45) is 15.9. The number of pyridine rings is 1. The second-order valence-corrected chi connectivity index (χ2v) is 21.9. The van der Waals surface area contributed by atoms with Gasteiger partial charge in [0.15, 0.2) is 0 Å². The van der Waals surface area contributed by atoms with Crippen LogP contribution in [0.4, 0.5) is 5.69 Å². The van der Waals surface area contributed by atoms with Crippen LogP contribution in [-0.2, 0) is 22.7 Å². The lowest BCUT2D eigenvalue weighted by Crippen LogP contribution is -2.39. The minimum atomic E-state index is -1.18. The number of primary amides is 1. The van der Waals surface area contributed by atoms with Crippen molar-refractivity contribution in [3.8, 4) is 11.3 Å². The summed E-state index contributed by atoms with van der Waals surface area (Å²) in [6, 6.07) is 4.95. The van der Waals surface area contributed by atoms with Gasteiger partial charge in [0.2, 0.25) is 5.91 Å². The van der Waals surface area contributed by atoms with E-state index >= 15 is 0 Å². The lowest BCUT2D eigenvalue weighted by molar-refractivity contribution is -0.120. The summed E-state index contributed by atoms with van der Waals surface area (Å²) in [5, 5.41) is 12.7. The Morgan fingerprint density at radius 1 is 1.00 bits per heavy atom. The third-order valence-corrected chi connectivity index (χ3v) is 12.7. The minimum Gasteiger partial charge on any atom is -0.364 e. The number of nitrogens with zero attached hydrogens (tertiary/aromatic N) is 5. The zero-order chi connectivity index (χ0) is 36.0. The van der Waals surface area contributed by atoms with E-state index in [2.05, 4.69) is 37.0 Å². The van der Waals surface area contributed by atoms with Crippen LogP contribution < -0.4 is 11.1 Å². The first kappa shape index (κ1) is 37.9. The Hall–Kier alpha value is -3.31. The number of rotatable bonds is 15. The molecule has 2 fully saturated rings. The second kappa shape index (κ2) is 16.8. The Labute approximate surface area is 300 Å². The van der Waals surface area contributed by atoms with Gasteiger partial charge in [0, 0.05) is 31.8 Å². The molecule has 2 amide bonds. The van der Waals surface area contributed by atoms with Crippen molar-refractivity contribution in [1.82, 2.24) is 24.5 Å². The molecule has 3 heterocycles. The van der Waals surface area contributed by atoms with Gasteiger partial charge in [-0.1, -0.05) is 90.8 Å². The predicted octanol–water partition coefficient (Wildman–Crippen LogP) is 8.50. The SMILES string of the molecule is CCc1c(-c2ccc(NC(=O)C(c3cnn(C(C)C)c3C(N)=O)C(C3CCCCC3)C3CCCCC3)cn2)c(C)nn1COCC[Si](C)(C)C. The molecule has 0 saturated heterocycles. The van der Waals surface area contributed by atoms with E-state index in [-0.39, 0.29) is 17.9 Å². The monoisotopic (exact) mass is 703 g/mol. The van der Waals surface area contributed by atoms with E-state index in [0.717, 1.165) is 67.4 Å². The molecule has 2 aliphatic carbocycles. The van der Waals surface area contributed by atoms with E-state index in [0.29, 0.717) is 35.5 Å². The van der Waals surface area contributed by atoms with Gasteiger partial charge < -0.3 is 15.8 Å². The van der Waals surface area contributed by atoms with Crippen molar-refractivity contribution in [1.29, 1.82) is 0 Å². The average Bonchev–Trinajstić information content (AvgIpc) is 3.67. The molecule has 0 aliphatic heterocycles. The molecule has 0 spiro atoms. The number of aromatic nitrogens is 5. The van der Waals surface area contributed by atoms with E-state index < -0.39 is 19.9 Å². The number of nitrogens with two attached hydrogens (primary N) is 1. The molecule has 3 N–H and O–H groups in total. The molecular weight excluding hydrogens is 643 g/mol. The maximum absolute atomic E-state index is 14.7. The van der Waals surface area contributed by atoms with Crippen molar-refractivity contribution in [2.45, 2.75) is 143 Å². The van der Waals surface area contributed by atoms with Crippen LogP contribution >= 0.6 is 0 Å². The molecule has 3 aromatic heterocycles. The van der Waals surface area contributed by atoms with Crippen molar-refractivity contribution in [2.24, 2.45) is 23.5 Å². The van der Waals surface area contributed by atoms with Crippen LogP contribution in [0.15, 0.2) is 24.5 Å². The quantitative estimate of drug-likeness (QED) is 0.121. The zero-order valence-corrected chi connectivity index (χ0v) is 32.6. The Morgan fingerprint density at radius 2 is 1.64 bits per heavy atom. The number of anilines is 1. The number of nitrogens with one attached hydrogen (secondary N) is 1. The minimum absolute atomic E-state index is 0.0629. The van der Waals surface area contributed by atoms with Crippen LogP contribution in [0, 0.1) is 24.7 Å². The van der Waals surface area contributed by atoms with Crippen LogP contribution in [0.2, 0.25) is 25.7 Å². The van der Waals surface area contributed by atoms with Crippen LogP contribution in [0.25, 0.3) is 11.3 Å². The van der Waals surface area contributed by atoms with Gasteiger partial charge in [0.25, 0.3) is 5.91 Å². The van der Waals surface area contributed by atoms with Gasteiger partial charge in [-0.15, -0.1) is 0 Å². The molecule has 2 aliphatic rings. The fourth-order valence-corrected chi connectivity index (χ4v) is 9.29. The Balaban J connectivity index is 1.45. The highest BCUT2D eigenvalue weighted by molar-refractivity contribution is 6.76. The maximum Gasteiger partial charge on any atom is 0.267 e. The van der Waals surface area contributed by atoms with Crippen molar-refractivity contribution < 1.29 is 14.3 Å². The Morgan fingerprint density at radius 3 is 2.16 bits per heavy atom. The number of carbonyl (C=O) groups is 2. The molecule has 5 rings (SSSR count). The first-order chi connectivity index (χ1) is 23.9. The first-order valence-electron chi connectivity index (χ1n) is 19.2. The van der Waals surface area contributed by atoms with E-state index in [1.54, 1.807) is 17.1 Å². The molecule has 0 aromatic carbocycles. The van der Waals surface area contributed by atoms with E-state index in [4.69, 9.17) is 20.6 Å². The molecule has 1 unspecified atom stereocenters. The van der Waals surface area contributed by atoms with Gasteiger partial charge in [-0.25, -0.2) is 4.68 Å². The summed E-state index contributed by atoms with van der Waals surface area (Å²) in [6.45, 7) is 16.3. The lowest BCUT2D eigenvalue weighted by atomic mass is 9.63. The molecular formula is C39H61N7O3Si. The fourth-order valence-electron chi connectivity index (χ4n) is 8.53. The molecule has 0 bridgehead atoms. The van der Waals surface area contributed by atoms with Gasteiger partial charge in [0.05, 0.1) is 41.1 Å². The smallest absolute Gasteiger partial charge is 0.267 e. The number of amides is 2. The van der Waals surface area contributed by atoms with Crippen molar-refractivity contribution in [2.75, 3.05) is 11.9 Å². The summed E-state index contributed by atoms with van der Waals surface area (Å²) in [7, 11) is -1.18. The third-order valence-electron chi connectivity index (χ3n) is 11.0. The normalized spacial score (nSPS) is 17.1. The molecule has 2 saturated carbocycles. The Kier molecular flexibility index (Phi) is 12.7. The molecule has 1 atom stereocenters. The number of carbonyl (C=O) groups excluding carboxylic acids is 2. The summed E-state index contributed by atoms with van der Waals surface area (Å²) >= 11 is 0. The van der Waals surface area contributed by atoms with Gasteiger partial charge >= 0.3 is 0 Å². The van der Waals surface area contributed by atoms with Gasteiger partial charge in [-0.3, -0.25) is 19.3 Å². The second-order valence-electron chi connectivity index (χ2n) is 16.2. The molecule has 3 aromatic rings. The summed E-state index contributed by atoms with van der Waals surface area (Å²) in [5.74, 6) is -0.246. The summed E-state index contributed by atoms with van der Waals surface area (Å²) in [5.41, 5.74) is 11.5. The standard InChI is InChI=1S/C39H61N7O3Si/c1-8-33-34(27(4)44-45(33)25-49-21-22-50(5,6)7)32-20-19-30(23-41-32)43-39(48)36(31-24-42-46(26(2)3)37(31)38(40)47)35(28-15-11-9-12-16-28)29-17-13-10-14-18-29/h19-20,23-24,26,28-29,35-36H,8-18,21-22,25H2,1-7H3,(H2,40,47)(H,43,48). The van der Waals surface area contributed by atoms with Crippen molar-refractivity contribution >= 4 is 25.6 Å². The fraction of sp³-hybridized carbons (Fsp3) is 0.667. The number of hydrogen-bond donors (Lipinski definition) is 2. The molecule has 50 heavy (non-hydrogen) atoms. The van der Waals surface area contributed by atoms with E-state index in [1.165, 1.54) is 38.5 Å². The van der Waals surface area contributed by atoms with Gasteiger partial charge in [-0.05, 0) is 63.1 Å². The molecule has 0 radical (unpaired) electrons. The van der Waals surface area contributed by atoms with E-state index in [1.807, 2.05) is 37.6 Å². The molecule has 10 nitrogen and oxygen atoms in total. The van der Waals surface area contributed by atoms with Crippen LogP contribution in [0.1, 0.15) is 124 Å². The number of aryl methyl sites for hydroxylation is 1. The highest BCUT2D eigenvalue weighted by Gasteiger charge is 2.43. The summed E-state index contributed by atoms with van der Waals surface area (Å²) in [4.78, 5) is 32.6. The van der Waals surface area contributed by atoms with Gasteiger partial charge in [-0.2, -0.15) is 10.2 Å². The van der Waals surface area contributed by atoms with Crippen LogP contribution in [-0.4, -0.2) is 51.0 Å². The number of ether oxygens (including phenoxy) is 1. The third kappa shape index (κ3) is 8.94. The number of hydrogen-bond acceptors (Lipinski definition) is 6. The highest BCUT2D eigenvalue weighted by atomic mass is 28.3. The topological polar surface area (TPSA) is 130 Å². The van der Waals surface area contributed by atoms with Crippen molar-refractivity contribution in [3.05, 3.63) is 47.2 Å². The molecule has 274 valence electrons. The van der Waals surface area contributed by atoms with E-state index in [9.17, 15) is 9.59 Å². The highest BCUT2D eigenvalue weighted by Crippen LogP contribution is 2.48. The van der Waals surface area contributed by atoms with Gasteiger partial charge in [0.1, 0.15) is 12.4 Å². The lowest BCUT2D eigenvalue weighted by Gasteiger charge is -2.42. The summed E-state index contributed by atoms with van der Waals surface area (Å²) < 4.78 is 9.69. The van der Waals surface area contributed by atoms with Crippen LogP contribution in [0.5, 0.6) is 0 Å². The first-order valence-corrected chi connectivity index (χ1v) is 22.9. The van der Waals surface area contributed by atoms with Crippen molar-refractivity contribution in [3.63, 3.8) is 0 Å². The zero-order valence-electron chi connectivity index (χ0n) is 31.6. The predicted molar refractivity (Wildman–Crippen MR) is 203 cm³/mol. The molecule has 11 heteroatoms. The maximum atomic E-state index is 14.7. The largest absolute Gasteiger partial charge is 0.364 e. The van der Waals surface area contributed by atoms with Crippen LogP contribution in [0.3, 0.4) is 0 Å².